The molecule has 0 radical (unpaired) electrons. The van der Waals surface area contributed by atoms with Gasteiger partial charge in [-0.1, -0.05) is 29.8 Å². The molecule has 0 aliphatic carbocycles. The number of aliphatic hydroxyl groups is 1. The minimum absolute atomic E-state index is 0.273. The molecule has 23 heavy (non-hydrogen) atoms. The van der Waals surface area contributed by atoms with Crippen LogP contribution in [0.4, 0.5) is 5.69 Å². The van der Waals surface area contributed by atoms with Gasteiger partial charge in [0.15, 0.2) is 5.85 Å². The van der Waals surface area contributed by atoms with Crippen molar-refractivity contribution in [1.29, 1.82) is 0 Å². The molecule has 2 aromatic rings. The maximum atomic E-state index is 13.4. The minimum atomic E-state index is -3.41. The van der Waals surface area contributed by atoms with Gasteiger partial charge in [-0.25, -0.2) is 0 Å². The molecular formula is C18H24NO3P. The highest BCUT2D eigenvalue weighted by Gasteiger charge is 2.35. The summed E-state index contributed by atoms with van der Waals surface area (Å²) >= 11 is 0. The van der Waals surface area contributed by atoms with Gasteiger partial charge >= 0.3 is 0 Å². The molecule has 0 saturated heterocycles. The monoisotopic (exact) mass is 333 g/mol. The Labute approximate surface area is 138 Å². The van der Waals surface area contributed by atoms with Crippen LogP contribution in [0.2, 0.25) is 0 Å². The second kappa shape index (κ2) is 7.31. The van der Waals surface area contributed by atoms with E-state index in [4.69, 9.17) is 4.52 Å². The number of benzene rings is 2. The van der Waals surface area contributed by atoms with E-state index < -0.39 is 13.2 Å². The fourth-order valence-electron chi connectivity index (χ4n) is 2.37. The zero-order valence-electron chi connectivity index (χ0n) is 14.1. The van der Waals surface area contributed by atoms with Crippen molar-refractivity contribution >= 4 is 18.4 Å². The highest BCUT2D eigenvalue weighted by atomic mass is 31.2. The fraction of sp³-hybridized carbons (Fsp3) is 0.333. The maximum absolute atomic E-state index is 13.4. The molecule has 0 spiro atoms. The van der Waals surface area contributed by atoms with Crippen molar-refractivity contribution in [2.45, 2.75) is 19.7 Å². The Morgan fingerprint density at radius 3 is 2.13 bits per heavy atom. The van der Waals surface area contributed by atoms with Gasteiger partial charge in [-0.05, 0) is 43.7 Å². The Bertz CT molecular complexity index is 680. The Morgan fingerprint density at radius 2 is 1.65 bits per heavy atom. The zero-order chi connectivity index (χ0) is 17.0. The number of nitrogens with zero attached hydrogens (tertiary/aromatic N) is 1. The van der Waals surface area contributed by atoms with Crippen molar-refractivity contribution in [3.8, 4) is 0 Å². The lowest BCUT2D eigenvalue weighted by Gasteiger charge is -2.24. The lowest BCUT2D eigenvalue weighted by molar-refractivity contribution is 0.218. The molecule has 0 bridgehead atoms. The number of anilines is 1. The molecular weight excluding hydrogens is 309 g/mol. The van der Waals surface area contributed by atoms with E-state index in [1.165, 1.54) is 0 Å². The number of rotatable bonds is 6. The van der Waals surface area contributed by atoms with E-state index in [9.17, 15) is 9.67 Å². The average molecular weight is 333 g/mol. The predicted molar refractivity (Wildman–Crippen MR) is 95.8 cm³/mol. The van der Waals surface area contributed by atoms with E-state index in [1.54, 1.807) is 31.2 Å². The van der Waals surface area contributed by atoms with Crippen molar-refractivity contribution in [3.05, 3.63) is 59.7 Å². The van der Waals surface area contributed by atoms with Crippen LogP contribution in [0, 0.1) is 6.92 Å². The maximum Gasteiger partial charge on any atom is 0.264 e. The molecule has 5 heteroatoms. The summed E-state index contributed by atoms with van der Waals surface area (Å²) in [6.45, 7) is 4.02. The summed E-state index contributed by atoms with van der Waals surface area (Å²) in [7, 11) is 0.473. The van der Waals surface area contributed by atoms with Crippen molar-refractivity contribution in [3.63, 3.8) is 0 Å². The van der Waals surface area contributed by atoms with E-state index in [1.807, 2.05) is 50.2 Å². The number of aliphatic hydroxyl groups excluding tert-OH is 1. The van der Waals surface area contributed by atoms with Gasteiger partial charge in [0.2, 0.25) is 0 Å². The Morgan fingerprint density at radius 1 is 1.09 bits per heavy atom. The van der Waals surface area contributed by atoms with Crippen LogP contribution in [0.15, 0.2) is 48.5 Å². The largest absolute Gasteiger partial charge is 0.378 e. The molecule has 0 aromatic heterocycles. The summed E-state index contributed by atoms with van der Waals surface area (Å²) in [6.07, 6.45) is 0. The molecule has 4 nitrogen and oxygen atoms in total. The third kappa shape index (κ3) is 3.84. The summed E-state index contributed by atoms with van der Waals surface area (Å²) in [6, 6.07) is 14.7. The van der Waals surface area contributed by atoms with E-state index in [0.29, 0.717) is 10.9 Å². The normalized spacial score (nSPS) is 15.0. The molecule has 2 atom stereocenters. The lowest BCUT2D eigenvalue weighted by Crippen LogP contribution is -2.16. The topological polar surface area (TPSA) is 49.8 Å². The minimum Gasteiger partial charge on any atom is -0.378 e. The van der Waals surface area contributed by atoms with Gasteiger partial charge in [-0.3, -0.25) is 4.57 Å². The first-order valence-corrected chi connectivity index (χ1v) is 9.34. The van der Waals surface area contributed by atoms with E-state index in [-0.39, 0.29) is 6.61 Å². The predicted octanol–water partition coefficient (Wildman–Crippen LogP) is 3.69. The number of hydrogen-bond donors (Lipinski definition) is 1. The summed E-state index contributed by atoms with van der Waals surface area (Å²) < 4.78 is 18.9. The SMILES string of the molecule is CCO[P@](=O)(c1ccc(N(C)C)cc1)[C@@H](O)c1ccc(C)cc1. The molecule has 2 aromatic carbocycles. The van der Waals surface area contributed by atoms with Gasteiger partial charge in [0.25, 0.3) is 7.37 Å². The van der Waals surface area contributed by atoms with Crippen molar-refractivity contribution in [2.24, 2.45) is 0 Å². The summed E-state index contributed by atoms with van der Waals surface area (Å²) in [5.41, 5.74) is 2.69. The quantitative estimate of drug-likeness (QED) is 0.819. The van der Waals surface area contributed by atoms with Crippen LogP contribution in [0.3, 0.4) is 0 Å². The second-order valence-electron chi connectivity index (χ2n) is 5.71. The number of aryl methyl sites for hydroxylation is 1. The van der Waals surface area contributed by atoms with Crippen molar-refractivity contribution < 1.29 is 14.2 Å². The van der Waals surface area contributed by atoms with Crippen molar-refractivity contribution in [1.82, 2.24) is 0 Å². The summed E-state index contributed by atoms with van der Waals surface area (Å²) in [5.74, 6) is -1.17. The van der Waals surface area contributed by atoms with Crippen LogP contribution in [-0.4, -0.2) is 25.8 Å². The Balaban J connectivity index is 2.41. The van der Waals surface area contributed by atoms with Crippen LogP contribution in [0.1, 0.15) is 23.9 Å². The van der Waals surface area contributed by atoms with Gasteiger partial charge in [-0.15, -0.1) is 0 Å². The molecule has 2 rings (SSSR count). The van der Waals surface area contributed by atoms with Gasteiger partial charge in [0.05, 0.1) is 6.61 Å². The Hall–Kier alpha value is -1.61. The van der Waals surface area contributed by atoms with Crippen LogP contribution in [0.5, 0.6) is 0 Å². The number of hydrogen-bond acceptors (Lipinski definition) is 4. The first-order chi connectivity index (χ1) is 10.9. The molecule has 0 saturated carbocycles. The third-order valence-corrected chi connectivity index (χ3v) is 6.35. The second-order valence-corrected chi connectivity index (χ2v) is 8.17. The van der Waals surface area contributed by atoms with Gasteiger partial charge in [0, 0.05) is 25.1 Å². The molecule has 1 N–H and O–H groups in total. The highest BCUT2D eigenvalue weighted by Crippen LogP contribution is 2.57. The van der Waals surface area contributed by atoms with E-state index in [0.717, 1.165) is 11.3 Å². The standard InChI is InChI=1S/C18H24NO3P/c1-5-22-23(21,17-12-10-16(11-13-17)19(3)4)18(20)15-8-6-14(2)7-9-15/h6-13,18,20H,5H2,1-4H3/t18-,23-/m1/s1. The van der Waals surface area contributed by atoms with Crippen LogP contribution in [-0.2, 0) is 9.09 Å². The first kappa shape index (κ1) is 17.7. The lowest BCUT2D eigenvalue weighted by atomic mass is 10.2. The molecule has 0 amide bonds. The summed E-state index contributed by atoms with van der Waals surface area (Å²) in [4.78, 5) is 1.96. The third-order valence-electron chi connectivity index (χ3n) is 3.74. The van der Waals surface area contributed by atoms with E-state index in [2.05, 4.69) is 0 Å². The van der Waals surface area contributed by atoms with Crippen LogP contribution in [0.25, 0.3) is 0 Å². The van der Waals surface area contributed by atoms with Gasteiger partial charge < -0.3 is 14.5 Å². The molecule has 0 fully saturated rings. The molecule has 0 unspecified atom stereocenters. The summed E-state index contributed by atoms with van der Waals surface area (Å²) in [5, 5.41) is 11.2. The smallest absolute Gasteiger partial charge is 0.264 e. The molecule has 124 valence electrons. The van der Waals surface area contributed by atoms with Crippen LogP contribution < -0.4 is 10.2 Å². The molecule has 0 heterocycles. The van der Waals surface area contributed by atoms with Gasteiger partial charge in [0.1, 0.15) is 0 Å². The molecule has 0 aliphatic heterocycles. The van der Waals surface area contributed by atoms with Gasteiger partial charge in [-0.2, -0.15) is 0 Å². The van der Waals surface area contributed by atoms with E-state index >= 15 is 0 Å². The highest BCUT2D eigenvalue weighted by molar-refractivity contribution is 7.67. The van der Waals surface area contributed by atoms with Crippen molar-refractivity contribution in [2.75, 3.05) is 25.6 Å². The Kier molecular flexibility index (Phi) is 5.64. The zero-order valence-corrected chi connectivity index (χ0v) is 15.0. The van der Waals surface area contributed by atoms with Crippen LogP contribution >= 0.6 is 7.37 Å². The fourth-order valence-corrected chi connectivity index (χ4v) is 4.46. The average Bonchev–Trinajstić information content (AvgIpc) is 2.55. The first-order valence-electron chi connectivity index (χ1n) is 7.65. The molecule has 0 aliphatic rings.